The van der Waals surface area contributed by atoms with E-state index in [1.807, 2.05) is 48.5 Å². The number of aliphatic hydroxyl groups is 1. The topological polar surface area (TPSA) is 50.7 Å². The predicted octanol–water partition coefficient (Wildman–Crippen LogP) is 3.61. The smallest absolute Gasteiger partial charge is 0.119 e. The molecule has 3 rings (SSSR count). The molecule has 128 valence electrons. The van der Waals surface area contributed by atoms with Gasteiger partial charge in [-0.3, -0.25) is 0 Å². The normalized spacial score (nSPS) is 15.5. The first kappa shape index (κ1) is 16.8. The molecule has 0 aliphatic heterocycles. The Morgan fingerprint density at radius 2 is 1.83 bits per heavy atom. The van der Waals surface area contributed by atoms with Crippen molar-refractivity contribution in [2.75, 3.05) is 25.1 Å². The van der Waals surface area contributed by atoms with Crippen LogP contribution in [-0.2, 0) is 11.3 Å². The Hall–Kier alpha value is -2.04. The number of para-hydroxylation sites is 1. The van der Waals surface area contributed by atoms with Gasteiger partial charge in [0.1, 0.15) is 12.4 Å². The molecule has 0 amide bonds. The van der Waals surface area contributed by atoms with E-state index < -0.39 is 5.60 Å². The minimum Gasteiger partial charge on any atom is -0.491 e. The Bertz CT molecular complexity index is 626. The first-order valence-corrected chi connectivity index (χ1v) is 8.54. The molecule has 4 heteroatoms. The molecule has 0 aromatic heterocycles. The maximum absolute atomic E-state index is 10.1. The molecule has 1 fully saturated rings. The number of anilines is 1. The van der Waals surface area contributed by atoms with Gasteiger partial charge in [0.15, 0.2) is 0 Å². The monoisotopic (exact) mass is 327 g/mol. The van der Waals surface area contributed by atoms with E-state index >= 15 is 0 Å². The van der Waals surface area contributed by atoms with Crippen molar-refractivity contribution in [3.63, 3.8) is 0 Å². The molecule has 4 nitrogen and oxygen atoms in total. The summed E-state index contributed by atoms with van der Waals surface area (Å²) < 4.78 is 11.3. The standard InChI is InChI=1S/C20H25NO3/c22-20(10-5-11-20)16-21-18-7-4-6-17(14-18)15-23-12-13-24-19-8-2-1-3-9-19/h1-4,6-9,14,21-22H,5,10-13,15-16H2. The highest BCUT2D eigenvalue weighted by Gasteiger charge is 2.33. The summed E-state index contributed by atoms with van der Waals surface area (Å²) in [6.07, 6.45) is 2.91. The largest absolute Gasteiger partial charge is 0.491 e. The van der Waals surface area contributed by atoms with Crippen LogP contribution in [0.15, 0.2) is 54.6 Å². The number of rotatable bonds is 9. The highest BCUT2D eigenvalue weighted by molar-refractivity contribution is 5.46. The fourth-order valence-electron chi connectivity index (χ4n) is 2.72. The third-order valence-electron chi connectivity index (χ3n) is 4.34. The fraction of sp³-hybridized carbons (Fsp3) is 0.400. The van der Waals surface area contributed by atoms with Crippen molar-refractivity contribution in [1.82, 2.24) is 0 Å². The summed E-state index contributed by atoms with van der Waals surface area (Å²) in [7, 11) is 0. The van der Waals surface area contributed by atoms with Crippen molar-refractivity contribution in [3.8, 4) is 5.75 Å². The van der Waals surface area contributed by atoms with Crippen LogP contribution in [0.3, 0.4) is 0 Å². The predicted molar refractivity (Wildman–Crippen MR) is 95.3 cm³/mol. The third-order valence-corrected chi connectivity index (χ3v) is 4.34. The summed E-state index contributed by atoms with van der Waals surface area (Å²) in [4.78, 5) is 0. The Balaban J connectivity index is 1.36. The Morgan fingerprint density at radius 3 is 2.58 bits per heavy atom. The summed E-state index contributed by atoms with van der Waals surface area (Å²) in [5, 5.41) is 13.5. The van der Waals surface area contributed by atoms with Crippen LogP contribution in [0.2, 0.25) is 0 Å². The molecule has 0 unspecified atom stereocenters. The van der Waals surface area contributed by atoms with Crippen molar-refractivity contribution in [1.29, 1.82) is 0 Å². The van der Waals surface area contributed by atoms with Crippen LogP contribution in [0.4, 0.5) is 5.69 Å². The maximum Gasteiger partial charge on any atom is 0.119 e. The number of ether oxygens (including phenoxy) is 2. The highest BCUT2D eigenvalue weighted by atomic mass is 16.5. The van der Waals surface area contributed by atoms with E-state index in [2.05, 4.69) is 11.4 Å². The average Bonchev–Trinajstić information content (AvgIpc) is 2.59. The molecule has 1 aliphatic rings. The maximum atomic E-state index is 10.1. The molecule has 1 saturated carbocycles. The molecule has 1 aliphatic carbocycles. The van der Waals surface area contributed by atoms with Crippen LogP contribution in [0.1, 0.15) is 24.8 Å². The summed E-state index contributed by atoms with van der Waals surface area (Å²) >= 11 is 0. The van der Waals surface area contributed by atoms with Crippen molar-refractivity contribution in [2.24, 2.45) is 0 Å². The molecule has 0 bridgehead atoms. The summed E-state index contributed by atoms with van der Waals surface area (Å²) in [6.45, 7) is 2.25. The summed E-state index contributed by atoms with van der Waals surface area (Å²) in [5.74, 6) is 0.862. The Labute approximate surface area is 143 Å². The third kappa shape index (κ3) is 4.98. The molecule has 2 aromatic carbocycles. The van der Waals surface area contributed by atoms with Gasteiger partial charge < -0.3 is 19.9 Å². The molecule has 0 spiro atoms. The number of hydrogen-bond acceptors (Lipinski definition) is 4. The van der Waals surface area contributed by atoms with Crippen LogP contribution in [0.25, 0.3) is 0 Å². The van der Waals surface area contributed by atoms with E-state index in [1.165, 1.54) is 0 Å². The van der Waals surface area contributed by atoms with Crippen LogP contribution >= 0.6 is 0 Å². The lowest BCUT2D eigenvalue weighted by molar-refractivity contribution is -0.0202. The molecule has 0 atom stereocenters. The van der Waals surface area contributed by atoms with Gasteiger partial charge in [0.25, 0.3) is 0 Å². The first-order chi connectivity index (χ1) is 11.7. The van der Waals surface area contributed by atoms with Crippen LogP contribution in [-0.4, -0.2) is 30.5 Å². The van der Waals surface area contributed by atoms with Crippen LogP contribution in [0.5, 0.6) is 5.75 Å². The first-order valence-electron chi connectivity index (χ1n) is 8.54. The number of benzene rings is 2. The van der Waals surface area contributed by atoms with Gasteiger partial charge in [0, 0.05) is 12.2 Å². The van der Waals surface area contributed by atoms with Crippen LogP contribution < -0.4 is 10.1 Å². The van der Waals surface area contributed by atoms with Gasteiger partial charge in [-0.2, -0.15) is 0 Å². The van der Waals surface area contributed by atoms with E-state index in [0.717, 1.165) is 36.3 Å². The fourth-order valence-corrected chi connectivity index (χ4v) is 2.72. The van der Waals surface area contributed by atoms with E-state index in [1.54, 1.807) is 0 Å². The molecule has 0 heterocycles. The average molecular weight is 327 g/mol. The second-order valence-electron chi connectivity index (χ2n) is 6.35. The zero-order valence-electron chi connectivity index (χ0n) is 13.9. The molecule has 0 saturated heterocycles. The zero-order chi connectivity index (χ0) is 16.7. The van der Waals surface area contributed by atoms with Gasteiger partial charge in [-0.25, -0.2) is 0 Å². The second kappa shape index (κ2) is 8.18. The molecule has 0 radical (unpaired) electrons. The van der Waals surface area contributed by atoms with E-state index in [-0.39, 0.29) is 0 Å². The van der Waals surface area contributed by atoms with Crippen molar-refractivity contribution in [3.05, 3.63) is 60.2 Å². The zero-order valence-corrected chi connectivity index (χ0v) is 13.9. The van der Waals surface area contributed by atoms with E-state index in [0.29, 0.717) is 26.4 Å². The van der Waals surface area contributed by atoms with E-state index in [9.17, 15) is 5.11 Å². The summed E-state index contributed by atoms with van der Waals surface area (Å²) in [6, 6.07) is 17.9. The molecule has 2 aromatic rings. The van der Waals surface area contributed by atoms with Crippen LogP contribution in [0, 0.1) is 0 Å². The SMILES string of the molecule is OC1(CNc2cccc(COCCOc3ccccc3)c2)CCC1. The Kier molecular flexibility index (Phi) is 5.72. The quantitative estimate of drug-likeness (QED) is 0.691. The Morgan fingerprint density at radius 1 is 1.00 bits per heavy atom. The van der Waals surface area contributed by atoms with Gasteiger partial charge in [0.2, 0.25) is 0 Å². The number of nitrogens with one attached hydrogen (secondary N) is 1. The second-order valence-corrected chi connectivity index (χ2v) is 6.35. The minimum atomic E-state index is -0.513. The van der Waals surface area contributed by atoms with Gasteiger partial charge in [-0.15, -0.1) is 0 Å². The van der Waals surface area contributed by atoms with Gasteiger partial charge in [0.05, 0.1) is 18.8 Å². The van der Waals surface area contributed by atoms with Crippen molar-refractivity contribution in [2.45, 2.75) is 31.5 Å². The molecule has 2 N–H and O–H groups in total. The lowest BCUT2D eigenvalue weighted by Gasteiger charge is -2.36. The molecular weight excluding hydrogens is 302 g/mol. The van der Waals surface area contributed by atoms with Gasteiger partial charge in [-0.1, -0.05) is 30.3 Å². The lowest BCUT2D eigenvalue weighted by atomic mass is 9.80. The van der Waals surface area contributed by atoms with E-state index in [4.69, 9.17) is 9.47 Å². The lowest BCUT2D eigenvalue weighted by Crippen LogP contribution is -2.43. The van der Waals surface area contributed by atoms with Gasteiger partial charge >= 0.3 is 0 Å². The number of hydrogen-bond donors (Lipinski definition) is 2. The van der Waals surface area contributed by atoms with Gasteiger partial charge in [-0.05, 0) is 49.1 Å². The molecule has 24 heavy (non-hydrogen) atoms. The highest BCUT2D eigenvalue weighted by Crippen LogP contribution is 2.31. The van der Waals surface area contributed by atoms with Crippen molar-refractivity contribution < 1.29 is 14.6 Å². The summed E-state index contributed by atoms with van der Waals surface area (Å²) in [5.41, 5.74) is 1.62. The van der Waals surface area contributed by atoms with Crippen molar-refractivity contribution >= 4 is 5.69 Å². The minimum absolute atomic E-state index is 0.513. The molecular formula is C20H25NO3.